The van der Waals surface area contributed by atoms with Crippen molar-refractivity contribution in [3.8, 4) is 28.9 Å². The lowest BCUT2D eigenvalue weighted by Gasteiger charge is -2.11. The molecule has 0 amide bonds. The van der Waals surface area contributed by atoms with Crippen molar-refractivity contribution in [2.75, 3.05) is 7.11 Å². The van der Waals surface area contributed by atoms with Crippen molar-refractivity contribution in [3.63, 3.8) is 0 Å². The van der Waals surface area contributed by atoms with E-state index >= 15 is 0 Å². The summed E-state index contributed by atoms with van der Waals surface area (Å²) in [4.78, 5) is 4.26. The molecule has 0 bridgehead atoms. The van der Waals surface area contributed by atoms with Gasteiger partial charge in [0.1, 0.15) is 11.5 Å². The van der Waals surface area contributed by atoms with Crippen molar-refractivity contribution in [3.05, 3.63) is 103 Å². The summed E-state index contributed by atoms with van der Waals surface area (Å²) < 4.78 is 44.9. The quantitative estimate of drug-likeness (QED) is 0.370. The fourth-order valence-electron chi connectivity index (χ4n) is 3.03. The van der Waals surface area contributed by atoms with Crippen LogP contribution in [0, 0.1) is 0 Å². The van der Waals surface area contributed by atoms with E-state index < -0.39 is 10.0 Å². The van der Waals surface area contributed by atoms with E-state index in [1.54, 1.807) is 67.9 Å². The predicted molar refractivity (Wildman–Crippen MR) is 124 cm³/mol. The second kappa shape index (κ2) is 10.2. The molecule has 0 aliphatic heterocycles. The van der Waals surface area contributed by atoms with E-state index in [0.29, 0.717) is 28.9 Å². The van der Waals surface area contributed by atoms with Crippen molar-refractivity contribution in [2.24, 2.45) is 0 Å². The predicted octanol–water partition coefficient (Wildman–Crippen LogP) is 5.15. The Balaban J connectivity index is 1.40. The van der Waals surface area contributed by atoms with E-state index in [1.807, 2.05) is 24.3 Å². The molecule has 0 aliphatic rings. The van der Waals surface area contributed by atoms with Crippen LogP contribution in [0.1, 0.15) is 5.56 Å². The molecule has 168 valence electrons. The van der Waals surface area contributed by atoms with Gasteiger partial charge in [0.25, 0.3) is 0 Å². The first kappa shape index (κ1) is 22.3. The van der Waals surface area contributed by atoms with Crippen LogP contribution < -0.4 is 18.9 Å². The molecule has 0 saturated carbocycles. The number of nitrogens with one attached hydrogen (secondary N) is 1. The summed E-state index contributed by atoms with van der Waals surface area (Å²) in [5.41, 5.74) is 0.753. The van der Waals surface area contributed by atoms with Gasteiger partial charge in [0.2, 0.25) is 15.9 Å². The van der Waals surface area contributed by atoms with Crippen LogP contribution in [0.15, 0.2) is 102 Å². The molecule has 0 saturated heterocycles. The molecule has 0 unspecified atom stereocenters. The number of hydrogen-bond acceptors (Lipinski definition) is 6. The van der Waals surface area contributed by atoms with Gasteiger partial charge in [-0.05, 0) is 60.2 Å². The molecule has 4 aromatic rings. The normalized spacial score (nSPS) is 11.1. The van der Waals surface area contributed by atoms with Gasteiger partial charge < -0.3 is 14.2 Å². The molecule has 7 nitrogen and oxygen atoms in total. The minimum absolute atomic E-state index is 0.112. The van der Waals surface area contributed by atoms with Crippen LogP contribution in [0.2, 0.25) is 0 Å². The number of pyridine rings is 1. The second-order valence-electron chi connectivity index (χ2n) is 6.97. The fourth-order valence-corrected chi connectivity index (χ4v) is 4.04. The number of ether oxygens (including phenoxy) is 3. The Morgan fingerprint density at radius 1 is 0.788 bits per heavy atom. The molecule has 0 spiro atoms. The third-order valence-electron chi connectivity index (χ3n) is 4.66. The smallest absolute Gasteiger partial charge is 0.240 e. The van der Waals surface area contributed by atoms with Crippen LogP contribution in [0.3, 0.4) is 0 Å². The highest BCUT2D eigenvalue weighted by Crippen LogP contribution is 2.31. The molecule has 0 fully saturated rings. The van der Waals surface area contributed by atoms with Crippen LogP contribution in [0.4, 0.5) is 0 Å². The lowest BCUT2D eigenvalue weighted by molar-refractivity contribution is 0.379. The summed E-state index contributed by atoms with van der Waals surface area (Å²) in [7, 11) is -2.16. The van der Waals surface area contributed by atoms with E-state index in [4.69, 9.17) is 14.2 Å². The van der Waals surface area contributed by atoms with Gasteiger partial charge in [-0.3, -0.25) is 0 Å². The molecule has 1 N–H and O–H groups in total. The Hall–Kier alpha value is -3.88. The van der Waals surface area contributed by atoms with Gasteiger partial charge in [-0.1, -0.05) is 30.3 Å². The van der Waals surface area contributed by atoms with Crippen molar-refractivity contribution < 1.29 is 22.6 Å². The van der Waals surface area contributed by atoms with Crippen LogP contribution in [-0.4, -0.2) is 20.5 Å². The molecular formula is C25H22N2O5S. The number of benzene rings is 3. The maximum atomic E-state index is 12.7. The summed E-state index contributed by atoms with van der Waals surface area (Å²) in [6.07, 6.45) is 1.64. The molecule has 3 aromatic carbocycles. The highest BCUT2D eigenvalue weighted by atomic mass is 32.2. The SMILES string of the molecule is COc1ccccc1Oc1ccc(S(=O)(=O)NCc2cccc(Oc3ccccn3)c2)cc1. The van der Waals surface area contributed by atoms with Crippen LogP contribution in [0.25, 0.3) is 0 Å². The van der Waals surface area contributed by atoms with E-state index in [1.165, 1.54) is 12.1 Å². The molecule has 33 heavy (non-hydrogen) atoms. The fraction of sp³-hybridized carbons (Fsp3) is 0.0800. The topological polar surface area (TPSA) is 86.8 Å². The summed E-state index contributed by atoms with van der Waals surface area (Å²) in [6.45, 7) is 0.112. The minimum Gasteiger partial charge on any atom is -0.493 e. The van der Waals surface area contributed by atoms with Crippen LogP contribution in [0.5, 0.6) is 28.9 Å². The summed E-state index contributed by atoms with van der Waals surface area (Å²) in [5.74, 6) is 2.67. The number of methoxy groups -OCH3 is 1. The van der Waals surface area contributed by atoms with Gasteiger partial charge in [0.15, 0.2) is 11.5 Å². The second-order valence-corrected chi connectivity index (χ2v) is 8.73. The van der Waals surface area contributed by atoms with Gasteiger partial charge >= 0.3 is 0 Å². The molecule has 0 atom stereocenters. The maximum Gasteiger partial charge on any atom is 0.240 e. The number of para-hydroxylation sites is 2. The average Bonchev–Trinajstić information content (AvgIpc) is 2.84. The monoisotopic (exact) mass is 462 g/mol. The van der Waals surface area contributed by atoms with Crippen LogP contribution >= 0.6 is 0 Å². The Morgan fingerprint density at radius 3 is 2.27 bits per heavy atom. The molecule has 1 heterocycles. The lowest BCUT2D eigenvalue weighted by Crippen LogP contribution is -2.23. The lowest BCUT2D eigenvalue weighted by atomic mass is 10.2. The van der Waals surface area contributed by atoms with E-state index in [9.17, 15) is 8.42 Å². The van der Waals surface area contributed by atoms with Gasteiger partial charge in [-0.15, -0.1) is 0 Å². The average molecular weight is 463 g/mol. The highest BCUT2D eigenvalue weighted by molar-refractivity contribution is 7.89. The molecule has 1 aromatic heterocycles. The summed E-state index contributed by atoms with van der Waals surface area (Å²) in [5, 5.41) is 0. The Morgan fingerprint density at radius 2 is 1.55 bits per heavy atom. The standard InChI is InChI=1S/C25H22N2O5S/c1-30-23-9-2-3-10-24(23)31-20-12-14-22(15-13-20)33(28,29)27-18-19-7-6-8-21(17-19)32-25-11-4-5-16-26-25/h2-17,27H,18H2,1H3. The zero-order chi connectivity index (χ0) is 23.1. The number of aromatic nitrogens is 1. The van der Waals surface area contributed by atoms with Crippen molar-refractivity contribution in [2.45, 2.75) is 11.4 Å². The minimum atomic E-state index is -3.72. The molecular weight excluding hydrogens is 440 g/mol. The van der Waals surface area contributed by atoms with Gasteiger partial charge in [-0.25, -0.2) is 18.1 Å². The number of rotatable bonds is 9. The van der Waals surface area contributed by atoms with Gasteiger partial charge in [0, 0.05) is 18.8 Å². The Bertz CT molecular complexity index is 1310. The van der Waals surface area contributed by atoms with E-state index in [2.05, 4.69) is 9.71 Å². The highest BCUT2D eigenvalue weighted by Gasteiger charge is 2.14. The van der Waals surface area contributed by atoms with Gasteiger partial charge in [-0.2, -0.15) is 0 Å². The number of hydrogen-bond donors (Lipinski definition) is 1. The largest absolute Gasteiger partial charge is 0.493 e. The molecule has 4 rings (SSSR count). The molecule has 8 heteroatoms. The zero-order valence-electron chi connectivity index (χ0n) is 17.8. The first-order valence-corrected chi connectivity index (χ1v) is 11.6. The van der Waals surface area contributed by atoms with Crippen molar-refractivity contribution in [1.29, 1.82) is 0 Å². The van der Waals surface area contributed by atoms with Crippen molar-refractivity contribution in [1.82, 2.24) is 9.71 Å². The molecule has 0 radical (unpaired) electrons. The third kappa shape index (κ3) is 5.88. The summed E-state index contributed by atoms with van der Waals surface area (Å²) >= 11 is 0. The third-order valence-corrected chi connectivity index (χ3v) is 6.07. The van der Waals surface area contributed by atoms with Crippen molar-refractivity contribution >= 4 is 10.0 Å². The number of nitrogens with zero attached hydrogens (tertiary/aromatic N) is 1. The van der Waals surface area contributed by atoms with Gasteiger partial charge in [0.05, 0.1) is 12.0 Å². The number of sulfonamides is 1. The Kier molecular flexibility index (Phi) is 6.87. The maximum absolute atomic E-state index is 12.7. The van der Waals surface area contributed by atoms with E-state index in [0.717, 1.165) is 5.56 Å². The first-order valence-electron chi connectivity index (χ1n) is 10.1. The van der Waals surface area contributed by atoms with E-state index in [-0.39, 0.29) is 11.4 Å². The molecule has 0 aliphatic carbocycles. The summed E-state index contributed by atoms with van der Waals surface area (Å²) in [6, 6.07) is 26.0. The Labute approximate surface area is 192 Å². The van der Waals surface area contributed by atoms with Crippen LogP contribution in [-0.2, 0) is 16.6 Å². The first-order chi connectivity index (χ1) is 16.0. The zero-order valence-corrected chi connectivity index (χ0v) is 18.7.